The van der Waals surface area contributed by atoms with Crippen LogP contribution in [0, 0.1) is 5.95 Å². The van der Waals surface area contributed by atoms with Crippen molar-refractivity contribution in [3.05, 3.63) is 59.7 Å². The smallest absolute Gasteiger partial charge is 0.274 e. The molecular weight excluding hydrogens is 273 g/mol. The van der Waals surface area contributed by atoms with Gasteiger partial charge >= 0.3 is 0 Å². The van der Waals surface area contributed by atoms with Gasteiger partial charge in [-0.15, -0.1) is 0 Å². The first-order valence-corrected chi connectivity index (χ1v) is 6.32. The van der Waals surface area contributed by atoms with Crippen molar-refractivity contribution in [1.82, 2.24) is 10.3 Å². The van der Waals surface area contributed by atoms with Gasteiger partial charge in [0.1, 0.15) is 5.69 Å². The molecule has 2 amide bonds. The average molecular weight is 287 g/mol. The number of aromatic nitrogens is 1. The fourth-order valence-electron chi connectivity index (χ4n) is 1.78. The molecule has 5 nitrogen and oxygen atoms in total. The summed E-state index contributed by atoms with van der Waals surface area (Å²) in [5.41, 5.74) is 1.14. The predicted molar refractivity (Wildman–Crippen MR) is 76.4 cm³/mol. The molecule has 1 aromatic carbocycles. The maximum absolute atomic E-state index is 13.0. The van der Waals surface area contributed by atoms with E-state index in [1.807, 2.05) is 0 Å². The van der Waals surface area contributed by atoms with Crippen molar-refractivity contribution in [1.29, 1.82) is 0 Å². The molecule has 21 heavy (non-hydrogen) atoms. The largest absolute Gasteiger partial charge is 0.359 e. The number of anilines is 1. The van der Waals surface area contributed by atoms with E-state index < -0.39 is 11.9 Å². The van der Waals surface area contributed by atoms with E-state index in [-0.39, 0.29) is 18.0 Å². The molecule has 0 spiro atoms. The molecule has 0 unspecified atom stereocenters. The van der Waals surface area contributed by atoms with Crippen molar-refractivity contribution in [3.63, 3.8) is 0 Å². The molecule has 1 heterocycles. The maximum Gasteiger partial charge on any atom is 0.274 e. The number of pyridine rings is 1. The summed E-state index contributed by atoms with van der Waals surface area (Å²) in [6.07, 6.45) is 0.142. The lowest BCUT2D eigenvalue weighted by molar-refractivity contribution is -0.119. The number of halogens is 1. The van der Waals surface area contributed by atoms with E-state index in [0.29, 0.717) is 11.3 Å². The Bertz CT molecular complexity index is 673. The summed E-state index contributed by atoms with van der Waals surface area (Å²) >= 11 is 0. The van der Waals surface area contributed by atoms with Gasteiger partial charge in [0.05, 0.1) is 6.42 Å². The molecule has 0 aliphatic carbocycles. The summed E-state index contributed by atoms with van der Waals surface area (Å²) in [6, 6.07) is 10.9. The van der Waals surface area contributed by atoms with Crippen molar-refractivity contribution in [2.75, 3.05) is 12.4 Å². The van der Waals surface area contributed by atoms with Crippen LogP contribution in [0.25, 0.3) is 0 Å². The molecule has 2 rings (SSSR count). The minimum absolute atomic E-state index is 0.0234. The van der Waals surface area contributed by atoms with E-state index in [0.717, 1.165) is 6.07 Å². The van der Waals surface area contributed by atoms with E-state index in [4.69, 9.17) is 0 Å². The number of amides is 2. The fraction of sp³-hybridized carbons (Fsp3) is 0.133. The third kappa shape index (κ3) is 3.85. The van der Waals surface area contributed by atoms with Crippen molar-refractivity contribution in [2.24, 2.45) is 0 Å². The Kier molecular flexibility index (Phi) is 4.61. The second kappa shape index (κ2) is 6.60. The molecule has 0 bridgehead atoms. The summed E-state index contributed by atoms with van der Waals surface area (Å²) in [6.45, 7) is 0. The monoisotopic (exact) mass is 287 g/mol. The second-order valence-corrected chi connectivity index (χ2v) is 4.31. The third-order valence-corrected chi connectivity index (χ3v) is 2.84. The summed E-state index contributed by atoms with van der Waals surface area (Å²) in [7, 11) is 1.54. The zero-order valence-electron chi connectivity index (χ0n) is 11.4. The minimum atomic E-state index is -0.721. The lowest BCUT2D eigenvalue weighted by Crippen LogP contribution is -2.21. The van der Waals surface area contributed by atoms with Crippen LogP contribution in [0.5, 0.6) is 0 Å². The maximum atomic E-state index is 13.0. The van der Waals surface area contributed by atoms with Gasteiger partial charge in [-0.05, 0) is 23.8 Å². The zero-order valence-corrected chi connectivity index (χ0v) is 11.4. The number of carbonyl (C=O) groups is 2. The number of likely N-dealkylation sites (N-methyl/N-ethyl adjacent to an activating group) is 1. The van der Waals surface area contributed by atoms with Gasteiger partial charge in [-0.2, -0.15) is 4.39 Å². The van der Waals surface area contributed by atoms with Crippen LogP contribution in [0.2, 0.25) is 0 Å². The number of benzene rings is 1. The molecular formula is C15H14FN3O2. The molecule has 0 saturated heterocycles. The van der Waals surface area contributed by atoms with Crippen LogP contribution in [-0.4, -0.2) is 23.8 Å². The minimum Gasteiger partial charge on any atom is -0.359 e. The molecule has 1 aromatic heterocycles. The lowest BCUT2D eigenvalue weighted by atomic mass is 10.1. The Morgan fingerprint density at radius 3 is 2.62 bits per heavy atom. The average Bonchev–Trinajstić information content (AvgIpc) is 2.49. The van der Waals surface area contributed by atoms with Crippen LogP contribution in [-0.2, 0) is 11.2 Å². The summed E-state index contributed by atoms with van der Waals surface area (Å²) in [5.74, 6) is -1.42. The first-order valence-electron chi connectivity index (χ1n) is 6.32. The number of nitrogens with zero attached hydrogens (tertiary/aromatic N) is 1. The van der Waals surface area contributed by atoms with Gasteiger partial charge in [0.15, 0.2) is 0 Å². The standard InChI is InChI=1S/C15H14FN3O2/c1-17-14(20)9-10-5-2-3-6-11(10)19-15(21)12-7-4-8-13(16)18-12/h2-8H,9H2,1H3,(H,17,20)(H,19,21). The lowest BCUT2D eigenvalue weighted by Gasteiger charge is -2.10. The van der Waals surface area contributed by atoms with E-state index in [1.165, 1.54) is 12.1 Å². The van der Waals surface area contributed by atoms with Crippen molar-refractivity contribution >= 4 is 17.5 Å². The number of para-hydroxylation sites is 1. The highest BCUT2D eigenvalue weighted by Gasteiger charge is 2.12. The van der Waals surface area contributed by atoms with Crippen LogP contribution in [0.4, 0.5) is 10.1 Å². The predicted octanol–water partition coefficient (Wildman–Crippen LogP) is 1.76. The van der Waals surface area contributed by atoms with Gasteiger partial charge in [0.25, 0.3) is 5.91 Å². The molecule has 0 aliphatic rings. The summed E-state index contributed by atoms with van der Waals surface area (Å²) in [4.78, 5) is 27.0. The molecule has 0 aliphatic heterocycles. The van der Waals surface area contributed by atoms with Gasteiger partial charge in [-0.25, -0.2) is 4.98 Å². The van der Waals surface area contributed by atoms with Gasteiger partial charge in [0.2, 0.25) is 11.9 Å². The molecule has 0 radical (unpaired) electrons. The highest BCUT2D eigenvalue weighted by Crippen LogP contribution is 2.16. The molecule has 2 aromatic rings. The van der Waals surface area contributed by atoms with E-state index >= 15 is 0 Å². The highest BCUT2D eigenvalue weighted by atomic mass is 19.1. The van der Waals surface area contributed by atoms with Gasteiger partial charge in [-0.1, -0.05) is 24.3 Å². The molecule has 2 N–H and O–H groups in total. The zero-order chi connectivity index (χ0) is 15.2. The third-order valence-electron chi connectivity index (χ3n) is 2.84. The number of rotatable bonds is 4. The van der Waals surface area contributed by atoms with Crippen molar-refractivity contribution in [2.45, 2.75) is 6.42 Å². The first kappa shape index (κ1) is 14.6. The Balaban J connectivity index is 2.19. The van der Waals surface area contributed by atoms with Gasteiger partial charge in [-0.3, -0.25) is 9.59 Å². The topological polar surface area (TPSA) is 71.1 Å². The van der Waals surface area contributed by atoms with Crippen LogP contribution >= 0.6 is 0 Å². The van der Waals surface area contributed by atoms with Gasteiger partial charge < -0.3 is 10.6 Å². The van der Waals surface area contributed by atoms with E-state index in [2.05, 4.69) is 15.6 Å². The Morgan fingerprint density at radius 1 is 1.14 bits per heavy atom. The Morgan fingerprint density at radius 2 is 1.90 bits per heavy atom. The molecule has 0 saturated carbocycles. The Labute approximate surface area is 121 Å². The molecule has 6 heteroatoms. The van der Waals surface area contributed by atoms with E-state index in [1.54, 1.807) is 31.3 Å². The summed E-state index contributed by atoms with van der Waals surface area (Å²) in [5, 5.41) is 5.15. The molecule has 0 atom stereocenters. The van der Waals surface area contributed by atoms with Crippen LogP contribution < -0.4 is 10.6 Å². The van der Waals surface area contributed by atoms with Crippen LogP contribution in [0.15, 0.2) is 42.5 Å². The second-order valence-electron chi connectivity index (χ2n) is 4.31. The van der Waals surface area contributed by atoms with Crippen LogP contribution in [0.3, 0.4) is 0 Å². The normalized spacial score (nSPS) is 10.0. The fourth-order valence-corrected chi connectivity index (χ4v) is 1.78. The van der Waals surface area contributed by atoms with Crippen LogP contribution in [0.1, 0.15) is 16.1 Å². The Hall–Kier alpha value is -2.76. The number of nitrogens with one attached hydrogen (secondary N) is 2. The number of carbonyl (C=O) groups excluding carboxylic acids is 2. The number of hydrogen-bond acceptors (Lipinski definition) is 3. The first-order chi connectivity index (χ1) is 10.1. The highest BCUT2D eigenvalue weighted by molar-refractivity contribution is 6.03. The number of hydrogen-bond donors (Lipinski definition) is 2. The van der Waals surface area contributed by atoms with Gasteiger partial charge in [0, 0.05) is 12.7 Å². The SMILES string of the molecule is CNC(=O)Cc1ccccc1NC(=O)c1cccc(F)n1. The quantitative estimate of drug-likeness (QED) is 0.842. The van der Waals surface area contributed by atoms with E-state index in [9.17, 15) is 14.0 Å². The van der Waals surface area contributed by atoms with Crippen molar-refractivity contribution < 1.29 is 14.0 Å². The molecule has 0 fully saturated rings. The molecule has 108 valence electrons. The summed E-state index contributed by atoms with van der Waals surface area (Å²) < 4.78 is 13.0. The van der Waals surface area contributed by atoms with Crippen molar-refractivity contribution in [3.8, 4) is 0 Å².